The van der Waals surface area contributed by atoms with Gasteiger partial charge in [-0.05, 0) is 11.5 Å². The predicted molar refractivity (Wildman–Crippen MR) is 81.3 cm³/mol. The number of aromatic nitrogens is 4. The van der Waals surface area contributed by atoms with Crippen molar-refractivity contribution in [3.05, 3.63) is 64.5 Å². The van der Waals surface area contributed by atoms with Gasteiger partial charge in [-0.15, -0.1) is 0 Å². The lowest BCUT2D eigenvalue weighted by atomic mass is 10.1. The molecule has 0 spiro atoms. The Kier molecular flexibility index (Phi) is 3.56. The predicted octanol–water partition coefficient (Wildman–Crippen LogP) is 2.14. The second-order valence-electron chi connectivity index (χ2n) is 5.58. The molecule has 3 rings (SSSR count). The van der Waals surface area contributed by atoms with Gasteiger partial charge >= 0.3 is 5.69 Å². The summed E-state index contributed by atoms with van der Waals surface area (Å²) in [6.45, 7) is 4.77. The van der Waals surface area contributed by atoms with E-state index in [1.807, 2.05) is 30.3 Å². The van der Waals surface area contributed by atoms with Crippen LogP contribution < -0.4 is 5.69 Å². The van der Waals surface area contributed by atoms with Gasteiger partial charge in [0.05, 0.1) is 12.7 Å². The molecular formula is C16H18N4O. The first kappa shape index (κ1) is 13.5. The third-order valence-corrected chi connectivity index (χ3v) is 3.36. The molecule has 5 heteroatoms. The molecule has 0 radical (unpaired) electrons. The fraction of sp³-hybridized carbons (Fsp3) is 0.312. The van der Waals surface area contributed by atoms with Crippen LogP contribution in [0.25, 0.3) is 5.65 Å². The van der Waals surface area contributed by atoms with Crippen LogP contribution in [0.1, 0.15) is 25.2 Å². The first-order chi connectivity index (χ1) is 10.1. The van der Waals surface area contributed by atoms with Crippen LogP contribution in [-0.2, 0) is 13.0 Å². The highest BCUT2D eigenvalue weighted by Gasteiger charge is 2.13. The minimum Gasteiger partial charge on any atom is -0.275 e. The largest absolute Gasteiger partial charge is 0.352 e. The molecule has 0 fully saturated rings. The van der Waals surface area contributed by atoms with E-state index in [0.717, 1.165) is 17.8 Å². The van der Waals surface area contributed by atoms with Crippen molar-refractivity contribution in [1.29, 1.82) is 0 Å². The molecule has 0 unspecified atom stereocenters. The Balaban J connectivity index is 2.13. The van der Waals surface area contributed by atoms with Crippen LogP contribution in [-0.4, -0.2) is 19.2 Å². The first-order valence-electron chi connectivity index (χ1n) is 7.12. The average Bonchev–Trinajstić information content (AvgIpc) is 2.92. The van der Waals surface area contributed by atoms with Gasteiger partial charge in [0.1, 0.15) is 5.82 Å². The quantitative estimate of drug-likeness (QED) is 0.736. The Morgan fingerprint density at radius 3 is 2.62 bits per heavy atom. The van der Waals surface area contributed by atoms with E-state index >= 15 is 0 Å². The van der Waals surface area contributed by atoms with E-state index in [2.05, 4.69) is 23.9 Å². The van der Waals surface area contributed by atoms with E-state index in [9.17, 15) is 4.79 Å². The number of nitrogens with zero attached hydrogens (tertiary/aromatic N) is 4. The molecule has 0 bridgehead atoms. The monoisotopic (exact) mass is 282 g/mol. The highest BCUT2D eigenvalue weighted by atomic mass is 16.2. The van der Waals surface area contributed by atoms with E-state index < -0.39 is 0 Å². The van der Waals surface area contributed by atoms with E-state index in [-0.39, 0.29) is 5.69 Å². The Bertz CT molecular complexity index is 802. The van der Waals surface area contributed by atoms with Gasteiger partial charge in [0.15, 0.2) is 5.65 Å². The summed E-state index contributed by atoms with van der Waals surface area (Å²) < 4.78 is 3.07. The third kappa shape index (κ3) is 2.72. The van der Waals surface area contributed by atoms with Crippen LogP contribution in [0.5, 0.6) is 0 Å². The molecular weight excluding hydrogens is 264 g/mol. The average molecular weight is 282 g/mol. The highest BCUT2D eigenvalue weighted by molar-refractivity contribution is 5.35. The smallest absolute Gasteiger partial charge is 0.275 e. The molecule has 0 aliphatic carbocycles. The van der Waals surface area contributed by atoms with Crippen molar-refractivity contribution in [2.75, 3.05) is 0 Å². The highest BCUT2D eigenvalue weighted by Crippen LogP contribution is 2.08. The van der Waals surface area contributed by atoms with Gasteiger partial charge in [-0.25, -0.2) is 9.78 Å². The van der Waals surface area contributed by atoms with Gasteiger partial charge in [0.2, 0.25) is 0 Å². The molecule has 1 aromatic carbocycles. The van der Waals surface area contributed by atoms with Crippen molar-refractivity contribution in [2.24, 2.45) is 5.92 Å². The summed E-state index contributed by atoms with van der Waals surface area (Å²) in [6.07, 6.45) is 2.37. The zero-order chi connectivity index (χ0) is 14.8. The molecule has 108 valence electrons. The SMILES string of the molecule is CC(C)Cc1nc2ccnn2c(=O)n1Cc1ccccc1. The number of fused-ring (bicyclic) bond motifs is 1. The maximum Gasteiger partial charge on any atom is 0.352 e. The molecule has 2 heterocycles. The lowest BCUT2D eigenvalue weighted by Crippen LogP contribution is -2.32. The van der Waals surface area contributed by atoms with E-state index in [1.165, 1.54) is 4.52 Å². The molecule has 0 N–H and O–H groups in total. The molecule has 5 nitrogen and oxygen atoms in total. The summed E-state index contributed by atoms with van der Waals surface area (Å²) in [4.78, 5) is 17.2. The van der Waals surface area contributed by atoms with Crippen LogP contribution in [0.4, 0.5) is 0 Å². The zero-order valence-corrected chi connectivity index (χ0v) is 12.2. The molecule has 0 aliphatic heterocycles. The van der Waals surface area contributed by atoms with Crippen molar-refractivity contribution in [2.45, 2.75) is 26.8 Å². The van der Waals surface area contributed by atoms with Gasteiger partial charge in [-0.2, -0.15) is 9.61 Å². The fourth-order valence-corrected chi connectivity index (χ4v) is 2.39. The summed E-state index contributed by atoms with van der Waals surface area (Å²) >= 11 is 0. The van der Waals surface area contributed by atoms with Gasteiger partial charge in [0, 0.05) is 12.5 Å². The molecule has 21 heavy (non-hydrogen) atoms. The second kappa shape index (κ2) is 5.52. The van der Waals surface area contributed by atoms with Crippen LogP contribution in [0.2, 0.25) is 0 Å². The molecule has 2 aromatic heterocycles. The standard InChI is InChI=1S/C16H18N4O/c1-12(2)10-15-18-14-8-9-17-20(14)16(21)19(15)11-13-6-4-3-5-7-13/h3-9,12H,10-11H2,1-2H3. The van der Waals surface area contributed by atoms with Gasteiger partial charge in [-0.3, -0.25) is 4.57 Å². The minimum atomic E-state index is -0.135. The van der Waals surface area contributed by atoms with Crippen LogP contribution in [0.3, 0.4) is 0 Å². The van der Waals surface area contributed by atoms with Gasteiger partial charge < -0.3 is 0 Å². The Labute approximate surface area is 122 Å². The maximum absolute atomic E-state index is 12.6. The van der Waals surface area contributed by atoms with Crippen molar-refractivity contribution in [3.63, 3.8) is 0 Å². The lowest BCUT2D eigenvalue weighted by Gasteiger charge is -2.14. The van der Waals surface area contributed by atoms with Crippen molar-refractivity contribution in [1.82, 2.24) is 19.2 Å². The number of benzene rings is 1. The first-order valence-corrected chi connectivity index (χ1v) is 7.12. The Hall–Kier alpha value is -2.43. The topological polar surface area (TPSA) is 52.2 Å². The van der Waals surface area contributed by atoms with E-state index in [1.54, 1.807) is 16.8 Å². The summed E-state index contributed by atoms with van der Waals surface area (Å²) in [5.41, 5.74) is 1.56. The fourth-order valence-electron chi connectivity index (χ4n) is 2.39. The number of hydrogen-bond donors (Lipinski definition) is 0. The van der Waals surface area contributed by atoms with Gasteiger partial charge in [0.25, 0.3) is 0 Å². The number of rotatable bonds is 4. The molecule has 0 aliphatic rings. The van der Waals surface area contributed by atoms with Crippen LogP contribution in [0, 0.1) is 5.92 Å². The molecule has 0 saturated carbocycles. The summed E-state index contributed by atoms with van der Waals surface area (Å²) in [5.74, 6) is 1.25. The van der Waals surface area contributed by atoms with E-state index in [0.29, 0.717) is 18.1 Å². The third-order valence-electron chi connectivity index (χ3n) is 3.36. The maximum atomic E-state index is 12.6. The molecule has 0 atom stereocenters. The lowest BCUT2D eigenvalue weighted by molar-refractivity contribution is 0.550. The Morgan fingerprint density at radius 2 is 1.90 bits per heavy atom. The zero-order valence-electron chi connectivity index (χ0n) is 12.2. The summed E-state index contributed by atoms with van der Waals surface area (Å²) in [7, 11) is 0. The van der Waals surface area contributed by atoms with Crippen molar-refractivity contribution in [3.8, 4) is 0 Å². The van der Waals surface area contributed by atoms with Crippen molar-refractivity contribution < 1.29 is 0 Å². The summed E-state index contributed by atoms with van der Waals surface area (Å²) in [6, 6.07) is 11.7. The van der Waals surface area contributed by atoms with Crippen molar-refractivity contribution >= 4 is 5.65 Å². The van der Waals surface area contributed by atoms with Gasteiger partial charge in [-0.1, -0.05) is 44.2 Å². The molecule has 0 saturated heterocycles. The minimum absolute atomic E-state index is 0.135. The van der Waals surface area contributed by atoms with Crippen LogP contribution >= 0.6 is 0 Å². The molecule has 3 aromatic rings. The van der Waals surface area contributed by atoms with Crippen LogP contribution in [0.15, 0.2) is 47.4 Å². The molecule has 0 amide bonds. The van der Waals surface area contributed by atoms with E-state index in [4.69, 9.17) is 0 Å². The Morgan fingerprint density at radius 1 is 1.14 bits per heavy atom. The number of hydrogen-bond acceptors (Lipinski definition) is 3. The second-order valence-corrected chi connectivity index (χ2v) is 5.58. The normalized spacial score (nSPS) is 11.4. The summed E-state index contributed by atoms with van der Waals surface area (Å²) in [5, 5.41) is 4.06.